The lowest BCUT2D eigenvalue weighted by Gasteiger charge is -2.34. The van der Waals surface area contributed by atoms with Crippen LogP contribution < -0.4 is 5.32 Å². The summed E-state index contributed by atoms with van der Waals surface area (Å²) in [6, 6.07) is 1.87. The Morgan fingerprint density at radius 1 is 1.33 bits per heavy atom. The van der Waals surface area contributed by atoms with E-state index in [0.717, 1.165) is 12.1 Å². The second-order valence-corrected chi connectivity index (χ2v) is 5.73. The van der Waals surface area contributed by atoms with Crippen LogP contribution in [-0.4, -0.2) is 49.1 Å². The molecule has 0 unspecified atom stereocenters. The highest BCUT2D eigenvalue weighted by Crippen LogP contribution is 2.28. The molecule has 0 spiro atoms. The van der Waals surface area contributed by atoms with E-state index >= 15 is 0 Å². The fourth-order valence-electron chi connectivity index (χ4n) is 2.38. The van der Waals surface area contributed by atoms with Crippen molar-refractivity contribution in [3.63, 3.8) is 0 Å². The maximum absolute atomic E-state index is 13.7. The first-order chi connectivity index (χ1) is 9.88. The summed E-state index contributed by atoms with van der Waals surface area (Å²) >= 11 is 5.86. The first kappa shape index (κ1) is 15.8. The number of benzene rings is 1. The number of rotatable bonds is 2. The van der Waals surface area contributed by atoms with Crippen molar-refractivity contribution < 1.29 is 13.6 Å². The summed E-state index contributed by atoms with van der Waals surface area (Å²) in [6.07, 6.45) is 1.37. The van der Waals surface area contributed by atoms with Crippen molar-refractivity contribution in [1.29, 1.82) is 0 Å². The topological polar surface area (TPSA) is 35.6 Å². The zero-order valence-corrected chi connectivity index (χ0v) is 12.8. The number of nitrogens with zero attached hydrogens (tertiary/aromatic N) is 2. The Morgan fingerprint density at radius 3 is 2.48 bits per heavy atom. The Hall–Kier alpha value is -1.56. The fourth-order valence-corrected chi connectivity index (χ4v) is 2.63. The van der Waals surface area contributed by atoms with Crippen LogP contribution in [-0.2, 0) is 0 Å². The number of nitrogens with one attached hydrogen (secondary N) is 1. The average Bonchev–Trinajstić information content (AvgIpc) is 2.42. The van der Waals surface area contributed by atoms with Crippen molar-refractivity contribution in [3.8, 4) is 0 Å². The Morgan fingerprint density at radius 2 is 1.95 bits per heavy atom. The van der Waals surface area contributed by atoms with E-state index in [1.54, 1.807) is 19.0 Å². The molecule has 0 radical (unpaired) electrons. The summed E-state index contributed by atoms with van der Waals surface area (Å²) < 4.78 is 26.7. The van der Waals surface area contributed by atoms with Gasteiger partial charge in [-0.1, -0.05) is 11.6 Å². The summed E-state index contributed by atoms with van der Waals surface area (Å²) in [5.41, 5.74) is 0.121. The van der Waals surface area contributed by atoms with Crippen LogP contribution in [0.15, 0.2) is 12.1 Å². The number of carbonyl (C=O) groups is 1. The minimum absolute atomic E-state index is 0.00803. The van der Waals surface area contributed by atoms with E-state index in [1.165, 1.54) is 4.90 Å². The van der Waals surface area contributed by atoms with Gasteiger partial charge in [0.1, 0.15) is 5.82 Å². The molecule has 0 bridgehead atoms. The lowest BCUT2D eigenvalue weighted by atomic mass is 10.0. The third-order valence-corrected chi connectivity index (χ3v) is 3.80. The van der Waals surface area contributed by atoms with Gasteiger partial charge in [-0.15, -0.1) is 0 Å². The lowest BCUT2D eigenvalue weighted by molar-refractivity contribution is 0.158. The maximum Gasteiger partial charge on any atom is 0.319 e. The highest BCUT2D eigenvalue weighted by molar-refractivity contribution is 6.33. The molecule has 1 saturated heterocycles. The number of anilines is 1. The van der Waals surface area contributed by atoms with Gasteiger partial charge in [-0.05, 0) is 18.9 Å². The molecular weight excluding hydrogens is 300 g/mol. The molecule has 21 heavy (non-hydrogen) atoms. The molecule has 1 aromatic carbocycles. The molecule has 2 amide bonds. The minimum atomic E-state index is -0.702. The first-order valence-corrected chi connectivity index (χ1v) is 7.13. The number of piperidine rings is 1. The third-order valence-electron chi connectivity index (χ3n) is 3.50. The van der Waals surface area contributed by atoms with E-state index in [1.807, 2.05) is 0 Å². The van der Waals surface area contributed by atoms with Crippen molar-refractivity contribution in [3.05, 3.63) is 28.8 Å². The van der Waals surface area contributed by atoms with Crippen LogP contribution >= 0.6 is 11.6 Å². The van der Waals surface area contributed by atoms with Gasteiger partial charge in [-0.25, -0.2) is 13.6 Å². The van der Waals surface area contributed by atoms with Crippen molar-refractivity contribution >= 4 is 23.3 Å². The smallest absolute Gasteiger partial charge is 0.319 e. The lowest BCUT2D eigenvalue weighted by Crippen LogP contribution is -2.46. The molecule has 1 fully saturated rings. The van der Waals surface area contributed by atoms with E-state index in [0.29, 0.717) is 25.9 Å². The van der Waals surface area contributed by atoms with Crippen LogP contribution in [0.3, 0.4) is 0 Å². The number of hydrogen-bond acceptors (Lipinski definition) is 2. The van der Waals surface area contributed by atoms with Crippen LogP contribution in [0.5, 0.6) is 0 Å². The van der Waals surface area contributed by atoms with Gasteiger partial charge >= 0.3 is 6.03 Å². The molecule has 1 aliphatic rings. The maximum atomic E-state index is 13.7. The minimum Gasteiger partial charge on any atom is -0.379 e. The van der Waals surface area contributed by atoms with Crippen LogP contribution in [0.2, 0.25) is 5.02 Å². The number of urea groups is 1. The molecule has 2 rings (SSSR count). The number of hydrogen-bond donors (Lipinski definition) is 1. The highest BCUT2D eigenvalue weighted by atomic mass is 35.5. The molecule has 7 heteroatoms. The van der Waals surface area contributed by atoms with E-state index in [-0.39, 0.29) is 22.8 Å². The van der Waals surface area contributed by atoms with E-state index in [2.05, 4.69) is 5.32 Å². The Kier molecular flexibility index (Phi) is 4.88. The van der Waals surface area contributed by atoms with Gasteiger partial charge in [0.2, 0.25) is 0 Å². The van der Waals surface area contributed by atoms with E-state index in [9.17, 15) is 13.6 Å². The predicted molar refractivity (Wildman–Crippen MR) is 78.7 cm³/mol. The Labute approximate surface area is 127 Å². The van der Waals surface area contributed by atoms with Crippen molar-refractivity contribution in [2.75, 3.05) is 32.5 Å². The first-order valence-electron chi connectivity index (χ1n) is 6.76. The standard InChI is InChI=1S/C14H18ClF2N3O/c1-19(2)14(21)20-5-3-10(4-6-20)18-13-11(15)7-9(16)8-12(13)17/h7-8,10,18H,3-6H2,1-2H3. The van der Waals surface area contributed by atoms with Gasteiger partial charge in [0, 0.05) is 39.3 Å². The van der Waals surface area contributed by atoms with Gasteiger partial charge in [-0.2, -0.15) is 0 Å². The Bertz CT molecular complexity index is 508. The van der Waals surface area contributed by atoms with Crippen molar-refractivity contribution in [1.82, 2.24) is 9.80 Å². The number of halogens is 3. The molecule has 1 heterocycles. The van der Waals surface area contributed by atoms with Crippen LogP contribution in [0.4, 0.5) is 19.3 Å². The van der Waals surface area contributed by atoms with Crippen LogP contribution in [0.1, 0.15) is 12.8 Å². The van der Waals surface area contributed by atoms with Gasteiger partial charge in [0.05, 0.1) is 10.7 Å². The summed E-state index contributed by atoms with van der Waals surface area (Å²) in [5.74, 6) is -1.40. The third kappa shape index (κ3) is 3.75. The van der Waals surface area contributed by atoms with Gasteiger partial charge < -0.3 is 15.1 Å². The van der Waals surface area contributed by atoms with Crippen LogP contribution in [0.25, 0.3) is 0 Å². The van der Waals surface area contributed by atoms with Crippen molar-refractivity contribution in [2.24, 2.45) is 0 Å². The number of carbonyl (C=O) groups excluding carboxylic acids is 1. The number of amides is 2. The molecule has 0 saturated carbocycles. The van der Waals surface area contributed by atoms with Crippen LogP contribution in [0, 0.1) is 11.6 Å². The quantitative estimate of drug-likeness (QED) is 0.909. The molecular formula is C14H18ClF2N3O. The van der Waals surface area contributed by atoms with Gasteiger partial charge in [0.25, 0.3) is 0 Å². The van der Waals surface area contributed by atoms with Gasteiger partial charge in [0.15, 0.2) is 5.82 Å². The zero-order valence-electron chi connectivity index (χ0n) is 12.0. The largest absolute Gasteiger partial charge is 0.379 e. The second kappa shape index (κ2) is 6.47. The molecule has 1 aromatic rings. The molecule has 4 nitrogen and oxygen atoms in total. The van der Waals surface area contributed by atoms with E-state index in [4.69, 9.17) is 11.6 Å². The normalized spacial score (nSPS) is 16.0. The summed E-state index contributed by atoms with van der Waals surface area (Å²) in [7, 11) is 3.42. The van der Waals surface area contributed by atoms with Crippen molar-refractivity contribution in [2.45, 2.75) is 18.9 Å². The van der Waals surface area contributed by atoms with Gasteiger partial charge in [-0.3, -0.25) is 0 Å². The molecule has 0 atom stereocenters. The molecule has 116 valence electrons. The molecule has 1 N–H and O–H groups in total. The number of likely N-dealkylation sites (tertiary alicyclic amines) is 1. The second-order valence-electron chi connectivity index (χ2n) is 5.33. The predicted octanol–water partition coefficient (Wildman–Crippen LogP) is 3.18. The Balaban J connectivity index is 1.97. The summed E-state index contributed by atoms with van der Waals surface area (Å²) in [4.78, 5) is 15.1. The molecule has 1 aliphatic heterocycles. The average molecular weight is 318 g/mol. The fraction of sp³-hybridized carbons (Fsp3) is 0.500. The molecule has 0 aromatic heterocycles. The summed E-state index contributed by atoms with van der Waals surface area (Å²) in [6.45, 7) is 1.18. The SMILES string of the molecule is CN(C)C(=O)N1CCC(Nc2c(F)cc(F)cc2Cl)CC1. The monoisotopic (exact) mass is 317 g/mol. The zero-order chi connectivity index (χ0) is 15.6. The molecule has 0 aliphatic carbocycles. The van der Waals surface area contributed by atoms with E-state index < -0.39 is 11.6 Å². The highest BCUT2D eigenvalue weighted by Gasteiger charge is 2.24. The summed E-state index contributed by atoms with van der Waals surface area (Å²) in [5, 5.41) is 3.04.